The number of likely N-dealkylation sites (N-methyl/N-ethyl adjacent to an activating group) is 1. The number of fused-ring (bicyclic) bond motifs is 1. The highest BCUT2D eigenvalue weighted by Crippen LogP contribution is 2.38. The van der Waals surface area contributed by atoms with Crippen LogP contribution in [-0.4, -0.2) is 25.5 Å². The molecule has 0 spiro atoms. The summed E-state index contributed by atoms with van der Waals surface area (Å²) in [5.74, 6) is 0.215. The first-order valence-corrected chi connectivity index (χ1v) is 8.21. The predicted molar refractivity (Wildman–Crippen MR) is 98.4 cm³/mol. The minimum absolute atomic E-state index is 0.00909. The van der Waals surface area contributed by atoms with Crippen LogP contribution < -0.4 is 15.0 Å². The summed E-state index contributed by atoms with van der Waals surface area (Å²) in [4.78, 5) is 26.0. The zero-order chi connectivity index (χ0) is 18.2. The van der Waals surface area contributed by atoms with Crippen LogP contribution in [0.25, 0.3) is 0 Å². The molecule has 5 nitrogen and oxygen atoms in total. The number of benzene rings is 2. The quantitative estimate of drug-likeness (QED) is 0.910. The second-order valence-corrected chi connectivity index (χ2v) is 7.18. The highest BCUT2D eigenvalue weighted by molar-refractivity contribution is 6.09. The SMILES string of the molecule is CN1C(=O)COc2cccc(NC(=O)c3ccc(C(C)(C)C)cc3)c21. The van der Waals surface area contributed by atoms with E-state index < -0.39 is 0 Å². The molecule has 0 bridgehead atoms. The fourth-order valence-corrected chi connectivity index (χ4v) is 2.76. The van der Waals surface area contributed by atoms with Crippen molar-refractivity contribution in [2.24, 2.45) is 0 Å². The summed E-state index contributed by atoms with van der Waals surface area (Å²) in [6.45, 7) is 6.40. The molecule has 130 valence electrons. The van der Waals surface area contributed by atoms with Crippen molar-refractivity contribution < 1.29 is 14.3 Å². The Hall–Kier alpha value is -2.82. The van der Waals surface area contributed by atoms with Crippen LogP contribution in [0.15, 0.2) is 42.5 Å². The third-order valence-corrected chi connectivity index (χ3v) is 4.32. The lowest BCUT2D eigenvalue weighted by atomic mass is 9.87. The van der Waals surface area contributed by atoms with Gasteiger partial charge in [0.1, 0.15) is 11.4 Å². The molecule has 0 saturated carbocycles. The monoisotopic (exact) mass is 338 g/mol. The van der Waals surface area contributed by atoms with Crippen molar-refractivity contribution in [2.75, 3.05) is 23.9 Å². The Labute approximate surface area is 147 Å². The molecule has 2 aromatic carbocycles. The van der Waals surface area contributed by atoms with Crippen molar-refractivity contribution in [3.05, 3.63) is 53.6 Å². The van der Waals surface area contributed by atoms with Crippen LogP contribution in [0.2, 0.25) is 0 Å². The summed E-state index contributed by atoms with van der Waals surface area (Å²) in [5, 5.41) is 2.88. The van der Waals surface area contributed by atoms with E-state index in [1.807, 2.05) is 24.3 Å². The van der Waals surface area contributed by atoms with Crippen LogP contribution in [0.4, 0.5) is 11.4 Å². The van der Waals surface area contributed by atoms with E-state index in [9.17, 15) is 9.59 Å². The second-order valence-electron chi connectivity index (χ2n) is 7.18. The summed E-state index contributed by atoms with van der Waals surface area (Å²) in [7, 11) is 1.68. The van der Waals surface area contributed by atoms with Gasteiger partial charge in [0.25, 0.3) is 11.8 Å². The van der Waals surface area contributed by atoms with Gasteiger partial charge in [0.05, 0.1) is 5.69 Å². The van der Waals surface area contributed by atoms with Crippen LogP contribution in [0.5, 0.6) is 5.75 Å². The summed E-state index contributed by atoms with van der Waals surface area (Å²) >= 11 is 0. The van der Waals surface area contributed by atoms with E-state index in [4.69, 9.17) is 4.74 Å². The molecular formula is C20H22N2O3. The number of carbonyl (C=O) groups is 2. The first kappa shape index (κ1) is 17.0. The Morgan fingerprint density at radius 2 is 1.80 bits per heavy atom. The van der Waals surface area contributed by atoms with Gasteiger partial charge >= 0.3 is 0 Å². The molecule has 2 amide bonds. The molecule has 0 saturated heterocycles. The molecular weight excluding hydrogens is 316 g/mol. The fraction of sp³-hybridized carbons (Fsp3) is 0.300. The van der Waals surface area contributed by atoms with Crippen LogP contribution in [0.1, 0.15) is 36.7 Å². The van der Waals surface area contributed by atoms with E-state index in [0.29, 0.717) is 22.7 Å². The van der Waals surface area contributed by atoms with Crippen molar-refractivity contribution in [3.63, 3.8) is 0 Å². The first-order chi connectivity index (χ1) is 11.8. The zero-order valence-electron chi connectivity index (χ0n) is 14.9. The van der Waals surface area contributed by atoms with Crippen LogP contribution >= 0.6 is 0 Å². The molecule has 0 unspecified atom stereocenters. The molecule has 0 aliphatic carbocycles. The van der Waals surface area contributed by atoms with Gasteiger partial charge in [0, 0.05) is 12.6 Å². The predicted octanol–water partition coefficient (Wildman–Crippen LogP) is 3.59. The van der Waals surface area contributed by atoms with Crippen molar-refractivity contribution in [3.8, 4) is 5.75 Å². The number of carbonyl (C=O) groups excluding carboxylic acids is 2. The van der Waals surface area contributed by atoms with Gasteiger partial charge in [-0.15, -0.1) is 0 Å². The number of amides is 2. The third kappa shape index (κ3) is 3.36. The topological polar surface area (TPSA) is 58.6 Å². The molecule has 0 fully saturated rings. The molecule has 1 aliphatic heterocycles. The van der Waals surface area contributed by atoms with Gasteiger partial charge in [-0.1, -0.05) is 39.0 Å². The standard InChI is InChI=1S/C20H22N2O3/c1-20(2,3)14-10-8-13(9-11-14)19(24)21-15-6-5-7-16-18(15)22(4)17(23)12-25-16/h5-11H,12H2,1-4H3,(H,21,24). The van der Waals surface area contributed by atoms with Crippen LogP contribution in [0, 0.1) is 0 Å². The van der Waals surface area contributed by atoms with Gasteiger partial charge in [-0.05, 0) is 35.2 Å². The lowest BCUT2D eigenvalue weighted by Crippen LogP contribution is -2.36. The van der Waals surface area contributed by atoms with Crippen molar-refractivity contribution in [1.29, 1.82) is 0 Å². The number of hydrogen-bond donors (Lipinski definition) is 1. The largest absolute Gasteiger partial charge is 0.481 e. The van der Waals surface area contributed by atoms with E-state index in [1.165, 1.54) is 10.5 Å². The molecule has 0 aromatic heterocycles. The Morgan fingerprint density at radius 3 is 2.44 bits per heavy atom. The van der Waals surface area contributed by atoms with Gasteiger partial charge in [-0.3, -0.25) is 9.59 Å². The van der Waals surface area contributed by atoms with E-state index in [0.717, 1.165) is 0 Å². The Morgan fingerprint density at radius 1 is 1.12 bits per heavy atom. The first-order valence-electron chi connectivity index (χ1n) is 8.21. The number of para-hydroxylation sites is 1. The number of rotatable bonds is 2. The number of hydrogen-bond acceptors (Lipinski definition) is 3. The number of ether oxygens (including phenoxy) is 1. The molecule has 1 N–H and O–H groups in total. The molecule has 3 rings (SSSR count). The van der Waals surface area contributed by atoms with E-state index >= 15 is 0 Å². The summed E-state index contributed by atoms with van der Waals surface area (Å²) in [5.41, 5.74) is 2.90. The van der Waals surface area contributed by atoms with Gasteiger partial charge < -0.3 is 15.0 Å². The average Bonchev–Trinajstić information content (AvgIpc) is 2.57. The maximum absolute atomic E-state index is 12.6. The van der Waals surface area contributed by atoms with Crippen molar-refractivity contribution >= 4 is 23.2 Å². The van der Waals surface area contributed by atoms with E-state index in [1.54, 1.807) is 25.2 Å². The molecule has 1 aliphatic rings. The highest BCUT2D eigenvalue weighted by atomic mass is 16.5. The normalized spacial score (nSPS) is 13.9. The molecule has 0 radical (unpaired) electrons. The molecule has 5 heteroatoms. The van der Waals surface area contributed by atoms with Gasteiger partial charge in [-0.2, -0.15) is 0 Å². The fourth-order valence-electron chi connectivity index (χ4n) is 2.76. The third-order valence-electron chi connectivity index (χ3n) is 4.32. The summed E-state index contributed by atoms with van der Waals surface area (Å²) in [6.07, 6.45) is 0. The van der Waals surface area contributed by atoms with E-state index in [2.05, 4.69) is 26.1 Å². The zero-order valence-corrected chi connectivity index (χ0v) is 14.9. The Bertz CT molecular complexity index is 820. The molecule has 0 atom stereocenters. The number of nitrogens with one attached hydrogen (secondary N) is 1. The van der Waals surface area contributed by atoms with E-state index in [-0.39, 0.29) is 23.8 Å². The number of nitrogens with zero attached hydrogens (tertiary/aromatic N) is 1. The maximum atomic E-state index is 12.6. The molecule has 25 heavy (non-hydrogen) atoms. The minimum atomic E-state index is -0.222. The Balaban J connectivity index is 1.86. The summed E-state index contributed by atoms with van der Waals surface area (Å²) < 4.78 is 5.44. The van der Waals surface area contributed by atoms with Crippen molar-refractivity contribution in [2.45, 2.75) is 26.2 Å². The smallest absolute Gasteiger partial charge is 0.264 e. The lowest BCUT2D eigenvalue weighted by molar-refractivity contribution is -0.120. The van der Waals surface area contributed by atoms with Gasteiger partial charge in [0.2, 0.25) is 0 Å². The average molecular weight is 338 g/mol. The highest BCUT2D eigenvalue weighted by Gasteiger charge is 2.25. The van der Waals surface area contributed by atoms with Gasteiger partial charge in [0.15, 0.2) is 6.61 Å². The maximum Gasteiger partial charge on any atom is 0.264 e. The second kappa shape index (κ2) is 6.24. The van der Waals surface area contributed by atoms with Crippen molar-refractivity contribution in [1.82, 2.24) is 0 Å². The molecule has 1 heterocycles. The van der Waals surface area contributed by atoms with Gasteiger partial charge in [-0.25, -0.2) is 0 Å². The lowest BCUT2D eigenvalue weighted by Gasteiger charge is -2.28. The summed E-state index contributed by atoms with van der Waals surface area (Å²) in [6, 6.07) is 12.9. The minimum Gasteiger partial charge on any atom is -0.481 e. The number of anilines is 2. The van der Waals surface area contributed by atoms with Crippen LogP contribution in [0.3, 0.4) is 0 Å². The Kier molecular flexibility index (Phi) is 4.25. The van der Waals surface area contributed by atoms with Crippen LogP contribution in [-0.2, 0) is 10.2 Å². The molecule has 2 aromatic rings.